The monoisotopic (exact) mass is 301 g/mol. The fraction of sp³-hybridized carbons (Fsp3) is 0.267. The van der Waals surface area contributed by atoms with E-state index in [4.69, 9.17) is 4.74 Å². The third-order valence-electron chi connectivity index (χ3n) is 3.58. The molecular weight excluding hydrogens is 286 g/mol. The van der Waals surface area contributed by atoms with Crippen LogP contribution in [-0.4, -0.2) is 33.5 Å². The number of hydrogen-bond acceptors (Lipinski definition) is 4. The molecule has 2 heterocycles. The summed E-state index contributed by atoms with van der Waals surface area (Å²) < 4.78 is 4.99. The van der Waals surface area contributed by atoms with Gasteiger partial charge in [0.15, 0.2) is 0 Å². The van der Waals surface area contributed by atoms with Gasteiger partial charge in [-0.15, -0.1) is 0 Å². The number of hydrogen-bond donors (Lipinski definition) is 2. The van der Waals surface area contributed by atoms with Gasteiger partial charge in [0.05, 0.1) is 12.2 Å². The number of H-pyrrole nitrogens is 2. The highest BCUT2D eigenvalue weighted by molar-refractivity contribution is 5.94. The zero-order chi connectivity index (χ0) is 15.7. The molecule has 7 heteroatoms. The van der Waals surface area contributed by atoms with Gasteiger partial charge < -0.3 is 14.7 Å². The highest BCUT2D eigenvalue weighted by Crippen LogP contribution is 2.19. The topological polar surface area (TPSA) is 95.3 Å². The summed E-state index contributed by atoms with van der Waals surface area (Å²) in [5.74, 6) is -0.259. The standard InChI is InChI=1S/C15H15N3O4/c1-9(19)22-11-4-2-3-10(7-11)15(21)18-6-5-12-13(8-18)16-17-14(12)20/h2-4,7H,5-6,8H2,1H3,(H2,16,17,20). The van der Waals surface area contributed by atoms with Crippen LogP contribution in [0.2, 0.25) is 0 Å². The smallest absolute Gasteiger partial charge is 0.308 e. The molecule has 0 atom stereocenters. The fourth-order valence-electron chi connectivity index (χ4n) is 2.55. The van der Waals surface area contributed by atoms with Crippen molar-refractivity contribution in [3.05, 3.63) is 51.4 Å². The summed E-state index contributed by atoms with van der Waals surface area (Å²) in [5.41, 5.74) is 1.76. The van der Waals surface area contributed by atoms with Gasteiger partial charge >= 0.3 is 5.97 Å². The fourth-order valence-corrected chi connectivity index (χ4v) is 2.55. The minimum atomic E-state index is -0.433. The normalized spacial score (nSPS) is 13.6. The van der Waals surface area contributed by atoms with Crippen LogP contribution in [0.15, 0.2) is 29.1 Å². The van der Waals surface area contributed by atoms with Crippen LogP contribution >= 0.6 is 0 Å². The number of benzene rings is 1. The van der Waals surface area contributed by atoms with Crippen molar-refractivity contribution in [1.82, 2.24) is 15.1 Å². The Hall–Kier alpha value is -2.83. The predicted molar refractivity (Wildman–Crippen MR) is 77.6 cm³/mol. The summed E-state index contributed by atoms with van der Waals surface area (Å²) >= 11 is 0. The second-order valence-corrected chi connectivity index (χ2v) is 5.13. The molecule has 114 valence electrons. The Kier molecular flexibility index (Phi) is 3.54. The van der Waals surface area contributed by atoms with Crippen molar-refractivity contribution in [2.75, 3.05) is 6.54 Å². The van der Waals surface area contributed by atoms with E-state index in [0.717, 1.165) is 5.69 Å². The number of aromatic amines is 2. The Morgan fingerprint density at radius 1 is 1.27 bits per heavy atom. The van der Waals surface area contributed by atoms with Gasteiger partial charge in [-0.25, -0.2) is 0 Å². The first-order valence-corrected chi connectivity index (χ1v) is 6.91. The van der Waals surface area contributed by atoms with Gasteiger partial charge in [0, 0.05) is 24.6 Å². The number of amides is 1. The van der Waals surface area contributed by atoms with Crippen LogP contribution in [0.25, 0.3) is 0 Å². The average molecular weight is 301 g/mol. The van der Waals surface area contributed by atoms with E-state index in [2.05, 4.69) is 10.2 Å². The van der Waals surface area contributed by atoms with E-state index < -0.39 is 5.97 Å². The van der Waals surface area contributed by atoms with Crippen molar-refractivity contribution < 1.29 is 14.3 Å². The van der Waals surface area contributed by atoms with Gasteiger partial charge in [0.1, 0.15) is 5.75 Å². The van der Waals surface area contributed by atoms with Crippen LogP contribution < -0.4 is 10.3 Å². The zero-order valence-corrected chi connectivity index (χ0v) is 12.0. The molecule has 0 radical (unpaired) electrons. The Morgan fingerprint density at radius 3 is 2.86 bits per heavy atom. The van der Waals surface area contributed by atoms with Crippen molar-refractivity contribution in [3.8, 4) is 5.75 Å². The molecule has 2 aromatic rings. The number of nitrogens with one attached hydrogen (secondary N) is 2. The lowest BCUT2D eigenvalue weighted by atomic mass is 10.1. The highest BCUT2D eigenvalue weighted by Gasteiger charge is 2.24. The molecule has 0 unspecified atom stereocenters. The Balaban J connectivity index is 1.80. The molecule has 1 aliphatic rings. The third kappa shape index (κ3) is 2.65. The number of rotatable bonds is 2. The Bertz CT molecular complexity index is 790. The second kappa shape index (κ2) is 5.51. The van der Waals surface area contributed by atoms with E-state index in [-0.39, 0.29) is 11.5 Å². The van der Waals surface area contributed by atoms with E-state index in [9.17, 15) is 14.4 Å². The van der Waals surface area contributed by atoms with Crippen LogP contribution in [-0.2, 0) is 17.8 Å². The molecule has 0 saturated heterocycles. The summed E-state index contributed by atoms with van der Waals surface area (Å²) in [6.07, 6.45) is 0.517. The zero-order valence-electron chi connectivity index (χ0n) is 12.0. The van der Waals surface area contributed by atoms with Gasteiger partial charge in [-0.3, -0.25) is 19.5 Å². The van der Waals surface area contributed by atoms with E-state index in [1.165, 1.54) is 6.92 Å². The highest BCUT2D eigenvalue weighted by atomic mass is 16.5. The predicted octanol–water partition coefficient (Wildman–Crippen LogP) is 0.827. The molecule has 0 fully saturated rings. The van der Waals surface area contributed by atoms with Gasteiger partial charge in [-0.2, -0.15) is 0 Å². The van der Waals surface area contributed by atoms with Crippen LogP contribution in [0.4, 0.5) is 0 Å². The largest absolute Gasteiger partial charge is 0.427 e. The average Bonchev–Trinajstić information content (AvgIpc) is 2.87. The van der Waals surface area contributed by atoms with Crippen LogP contribution in [0.3, 0.4) is 0 Å². The molecule has 0 bridgehead atoms. The number of carbonyl (C=O) groups is 2. The lowest BCUT2D eigenvalue weighted by molar-refractivity contribution is -0.131. The summed E-state index contributed by atoms with van der Waals surface area (Å²) in [6.45, 7) is 2.14. The van der Waals surface area contributed by atoms with E-state index >= 15 is 0 Å². The molecular formula is C15H15N3O4. The molecule has 0 aliphatic carbocycles. The summed E-state index contributed by atoms with van der Waals surface area (Å²) in [6, 6.07) is 6.50. The number of esters is 1. The van der Waals surface area contributed by atoms with E-state index in [0.29, 0.717) is 36.4 Å². The first-order chi connectivity index (χ1) is 10.5. The summed E-state index contributed by atoms with van der Waals surface area (Å²) in [4.78, 5) is 36.7. The number of carbonyl (C=O) groups excluding carboxylic acids is 2. The Morgan fingerprint density at radius 2 is 2.09 bits per heavy atom. The molecule has 1 amide bonds. The molecule has 2 N–H and O–H groups in total. The minimum Gasteiger partial charge on any atom is -0.427 e. The van der Waals surface area contributed by atoms with Crippen LogP contribution in [0.5, 0.6) is 5.75 Å². The number of aromatic nitrogens is 2. The molecule has 0 spiro atoms. The molecule has 0 saturated carbocycles. The molecule has 3 rings (SSSR count). The SMILES string of the molecule is CC(=O)Oc1cccc(C(=O)N2CCc3c([nH][nH]c3=O)C2)c1. The van der Waals surface area contributed by atoms with Crippen molar-refractivity contribution in [1.29, 1.82) is 0 Å². The summed E-state index contributed by atoms with van der Waals surface area (Å²) in [7, 11) is 0. The van der Waals surface area contributed by atoms with Crippen molar-refractivity contribution in [3.63, 3.8) is 0 Å². The molecule has 1 aromatic carbocycles. The molecule has 22 heavy (non-hydrogen) atoms. The van der Waals surface area contributed by atoms with E-state index in [1.807, 2.05) is 0 Å². The summed E-state index contributed by atoms with van der Waals surface area (Å²) in [5, 5.41) is 5.33. The maximum absolute atomic E-state index is 12.5. The lowest BCUT2D eigenvalue weighted by Crippen LogP contribution is -2.36. The number of nitrogens with zero attached hydrogens (tertiary/aromatic N) is 1. The maximum atomic E-state index is 12.5. The van der Waals surface area contributed by atoms with Gasteiger partial charge in [-0.05, 0) is 24.6 Å². The maximum Gasteiger partial charge on any atom is 0.308 e. The second-order valence-electron chi connectivity index (χ2n) is 5.13. The van der Waals surface area contributed by atoms with Gasteiger partial charge in [-0.1, -0.05) is 6.07 Å². The van der Waals surface area contributed by atoms with Crippen molar-refractivity contribution in [2.45, 2.75) is 19.9 Å². The van der Waals surface area contributed by atoms with Crippen LogP contribution in [0.1, 0.15) is 28.5 Å². The third-order valence-corrected chi connectivity index (χ3v) is 3.58. The first-order valence-electron chi connectivity index (χ1n) is 6.91. The molecule has 7 nitrogen and oxygen atoms in total. The van der Waals surface area contributed by atoms with Crippen molar-refractivity contribution in [2.24, 2.45) is 0 Å². The molecule has 1 aromatic heterocycles. The lowest BCUT2D eigenvalue weighted by Gasteiger charge is -2.26. The quantitative estimate of drug-likeness (QED) is 0.634. The number of ether oxygens (including phenoxy) is 1. The van der Waals surface area contributed by atoms with Gasteiger partial charge in [0.25, 0.3) is 11.5 Å². The minimum absolute atomic E-state index is 0.126. The number of fused-ring (bicyclic) bond motifs is 1. The van der Waals surface area contributed by atoms with Crippen LogP contribution in [0, 0.1) is 0 Å². The first kappa shape index (κ1) is 14.1. The van der Waals surface area contributed by atoms with Crippen molar-refractivity contribution >= 4 is 11.9 Å². The van der Waals surface area contributed by atoms with E-state index in [1.54, 1.807) is 29.2 Å². The Labute approximate surface area is 125 Å². The molecule has 1 aliphatic heterocycles. The van der Waals surface area contributed by atoms with Gasteiger partial charge in [0.2, 0.25) is 0 Å².